The van der Waals surface area contributed by atoms with Gasteiger partial charge in [-0.3, -0.25) is 9.69 Å². The molecular formula is C16H32N2O3. The van der Waals surface area contributed by atoms with Gasteiger partial charge in [0.25, 0.3) is 0 Å². The van der Waals surface area contributed by atoms with E-state index in [0.717, 1.165) is 25.9 Å². The zero-order valence-corrected chi connectivity index (χ0v) is 14.2. The maximum Gasteiger partial charge on any atom is 0.240 e. The lowest BCUT2D eigenvalue weighted by Crippen LogP contribution is -2.59. The second kappa shape index (κ2) is 7.56. The molecule has 1 atom stereocenters. The molecule has 5 nitrogen and oxygen atoms in total. The Morgan fingerprint density at radius 3 is 2.29 bits per heavy atom. The van der Waals surface area contributed by atoms with E-state index >= 15 is 0 Å². The maximum atomic E-state index is 12.6. The van der Waals surface area contributed by atoms with E-state index in [1.165, 1.54) is 0 Å². The van der Waals surface area contributed by atoms with Crippen molar-refractivity contribution < 1.29 is 14.6 Å². The minimum absolute atomic E-state index is 0.0129. The third-order valence-electron chi connectivity index (χ3n) is 4.16. The molecule has 1 saturated heterocycles. The molecule has 1 aliphatic heterocycles. The van der Waals surface area contributed by atoms with Crippen molar-refractivity contribution in [3.8, 4) is 0 Å². The van der Waals surface area contributed by atoms with Crippen molar-refractivity contribution in [3.63, 3.8) is 0 Å². The van der Waals surface area contributed by atoms with Gasteiger partial charge in [-0.15, -0.1) is 0 Å². The topological polar surface area (TPSA) is 61.8 Å². The zero-order valence-electron chi connectivity index (χ0n) is 14.2. The van der Waals surface area contributed by atoms with Crippen molar-refractivity contribution in [1.29, 1.82) is 0 Å². The summed E-state index contributed by atoms with van der Waals surface area (Å²) in [6, 6.07) is -0.169. The van der Waals surface area contributed by atoms with Crippen LogP contribution in [-0.2, 0) is 9.53 Å². The lowest BCUT2D eigenvalue weighted by atomic mass is 9.88. The number of hydrogen-bond acceptors (Lipinski definition) is 4. The third-order valence-corrected chi connectivity index (χ3v) is 4.16. The predicted octanol–water partition coefficient (Wildman–Crippen LogP) is 1.40. The number of carbonyl (C=O) groups excluding carboxylic acids is 1. The molecule has 0 aromatic rings. The average Bonchev–Trinajstić information content (AvgIpc) is 2.43. The van der Waals surface area contributed by atoms with Gasteiger partial charge < -0.3 is 15.2 Å². The van der Waals surface area contributed by atoms with Crippen LogP contribution in [0.1, 0.15) is 47.5 Å². The summed E-state index contributed by atoms with van der Waals surface area (Å²) < 4.78 is 5.34. The molecule has 5 heteroatoms. The van der Waals surface area contributed by atoms with E-state index in [9.17, 15) is 9.90 Å². The first-order valence-corrected chi connectivity index (χ1v) is 7.91. The van der Waals surface area contributed by atoms with Gasteiger partial charge in [-0.1, -0.05) is 20.8 Å². The number of aliphatic hydroxyl groups excluding tert-OH is 1. The third kappa shape index (κ3) is 5.93. The molecule has 0 radical (unpaired) electrons. The highest BCUT2D eigenvalue weighted by atomic mass is 16.5. The molecule has 1 heterocycles. The highest BCUT2D eigenvalue weighted by Gasteiger charge is 2.36. The zero-order chi connectivity index (χ0) is 16.1. The molecule has 0 spiro atoms. The molecule has 1 fully saturated rings. The van der Waals surface area contributed by atoms with Gasteiger partial charge in [0.15, 0.2) is 0 Å². The van der Waals surface area contributed by atoms with Gasteiger partial charge in [-0.05, 0) is 32.1 Å². The van der Waals surface area contributed by atoms with Crippen LogP contribution in [0.2, 0.25) is 0 Å². The van der Waals surface area contributed by atoms with Crippen molar-refractivity contribution in [3.05, 3.63) is 0 Å². The summed E-state index contributed by atoms with van der Waals surface area (Å²) in [5, 5.41) is 12.5. The number of aliphatic hydroxyl groups is 1. The van der Waals surface area contributed by atoms with E-state index in [4.69, 9.17) is 4.74 Å². The summed E-state index contributed by atoms with van der Waals surface area (Å²) >= 11 is 0. The summed E-state index contributed by atoms with van der Waals surface area (Å²) in [6.45, 7) is 13.2. The standard InChI is InChI=1S/C16H32N2O3/c1-15(2,3)7-6-13(12-19)17-14(20)16(4,5)18-8-10-21-11-9-18/h13,19H,6-12H2,1-5H3,(H,17,20). The molecule has 0 bridgehead atoms. The van der Waals surface area contributed by atoms with E-state index in [1.54, 1.807) is 0 Å². The fourth-order valence-corrected chi connectivity index (χ4v) is 2.44. The highest BCUT2D eigenvalue weighted by molar-refractivity contribution is 5.85. The second-order valence-electron chi connectivity index (χ2n) is 7.61. The van der Waals surface area contributed by atoms with Crippen molar-refractivity contribution in [2.45, 2.75) is 59.0 Å². The molecule has 124 valence electrons. The number of amides is 1. The van der Waals surface area contributed by atoms with E-state index in [0.29, 0.717) is 13.2 Å². The van der Waals surface area contributed by atoms with Crippen molar-refractivity contribution in [1.82, 2.24) is 10.2 Å². The van der Waals surface area contributed by atoms with E-state index in [1.807, 2.05) is 13.8 Å². The summed E-state index contributed by atoms with van der Waals surface area (Å²) in [4.78, 5) is 14.7. The summed E-state index contributed by atoms with van der Waals surface area (Å²) in [5.41, 5.74) is -0.364. The van der Waals surface area contributed by atoms with Crippen LogP contribution in [0.15, 0.2) is 0 Å². The Hall–Kier alpha value is -0.650. The highest BCUT2D eigenvalue weighted by Crippen LogP contribution is 2.22. The molecule has 0 aliphatic carbocycles. The van der Waals surface area contributed by atoms with Crippen LogP contribution in [0.25, 0.3) is 0 Å². The monoisotopic (exact) mass is 300 g/mol. The Bertz CT molecular complexity index is 331. The van der Waals surface area contributed by atoms with Gasteiger partial charge in [0.05, 0.1) is 31.4 Å². The van der Waals surface area contributed by atoms with Gasteiger partial charge >= 0.3 is 0 Å². The summed E-state index contributed by atoms with van der Waals surface area (Å²) in [6.07, 6.45) is 1.77. The van der Waals surface area contributed by atoms with Gasteiger partial charge in [0, 0.05) is 13.1 Å². The van der Waals surface area contributed by atoms with Crippen LogP contribution in [-0.4, -0.2) is 60.4 Å². The van der Waals surface area contributed by atoms with Gasteiger partial charge in [0.1, 0.15) is 0 Å². The molecule has 0 aromatic carbocycles. The molecule has 0 saturated carbocycles. The van der Waals surface area contributed by atoms with Gasteiger partial charge in [-0.25, -0.2) is 0 Å². The predicted molar refractivity (Wildman–Crippen MR) is 84.2 cm³/mol. The number of hydrogen-bond donors (Lipinski definition) is 2. The quantitative estimate of drug-likeness (QED) is 0.778. The normalized spacial score (nSPS) is 19.3. The van der Waals surface area contributed by atoms with Crippen LogP contribution in [0, 0.1) is 5.41 Å². The Balaban J connectivity index is 2.55. The van der Waals surface area contributed by atoms with Crippen LogP contribution in [0.5, 0.6) is 0 Å². The molecule has 21 heavy (non-hydrogen) atoms. The molecule has 1 unspecified atom stereocenters. The van der Waals surface area contributed by atoms with Crippen LogP contribution < -0.4 is 5.32 Å². The molecule has 1 amide bonds. The first-order valence-electron chi connectivity index (χ1n) is 7.91. The van der Waals surface area contributed by atoms with Crippen LogP contribution in [0.3, 0.4) is 0 Å². The molecule has 1 rings (SSSR count). The fraction of sp³-hybridized carbons (Fsp3) is 0.938. The van der Waals surface area contributed by atoms with E-state index in [2.05, 4.69) is 31.0 Å². The minimum atomic E-state index is -0.571. The van der Waals surface area contributed by atoms with Crippen molar-refractivity contribution in [2.75, 3.05) is 32.9 Å². The van der Waals surface area contributed by atoms with E-state index < -0.39 is 5.54 Å². The number of rotatable bonds is 6. The molecule has 0 aromatic heterocycles. The first-order chi connectivity index (χ1) is 9.66. The molecule has 2 N–H and O–H groups in total. The lowest BCUT2D eigenvalue weighted by Gasteiger charge is -2.40. The number of carbonyl (C=O) groups is 1. The van der Waals surface area contributed by atoms with Gasteiger partial charge in [-0.2, -0.15) is 0 Å². The molecule has 1 aliphatic rings. The minimum Gasteiger partial charge on any atom is -0.394 e. The smallest absolute Gasteiger partial charge is 0.240 e. The maximum absolute atomic E-state index is 12.6. The van der Waals surface area contributed by atoms with Crippen molar-refractivity contribution >= 4 is 5.91 Å². The number of nitrogens with one attached hydrogen (secondary N) is 1. The Morgan fingerprint density at radius 2 is 1.81 bits per heavy atom. The summed E-state index contributed by atoms with van der Waals surface area (Å²) in [7, 11) is 0. The Kier molecular flexibility index (Phi) is 6.63. The number of nitrogens with zero attached hydrogens (tertiary/aromatic N) is 1. The van der Waals surface area contributed by atoms with Crippen LogP contribution in [0.4, 0.5) is 0 Å². The molecular weight excluding hydrogens is 268 g/mol. The number of morpholine rings is 1. The number of ether oxygens (including phenoxy) is 1. The van der Waals surface area contributed by atoms with E-state index in [-0.39, 0.29) is 24.0 Å². The first kappa shape index (κ1) is 18.4. The van der Waals surface area contributed by atoms with Crippen LogP contribution >= 0.6 is 0 Å². The lowest BCUT2D eigenvalue weighted by molar-refractivity contribution is -0.135. The Morgan fingerprint density at radius 1 is 1.24 bits per heavy atom. The average molecular weight is 300 g/mol. The summed E-state index contributed by atoms with van der Waals surface area (Å²) in [5.74, 6) is -0.0163. The SMILES string of the molecule is CC(C)(C)CCC(CO)NC(=O)C(C)(C)N1CCOCC1. The second-order valence-corrected chi connectivity index (χ2v) is 7.61. The van der Waals surface area contributed by atoms with Gasteiger partial charge in [0.2, 0.25) is 5.91 Å². The largest absolute Gasteiger partial charge is 0.394 e. The Labute approximate surface area is 129 Å². The fourth-order valence-electron chi connectivity index (χ4n) is 2.44. The van der Waals surface area contributed by atoms with Crippen molar-refractivity contribution in [2.24, 2.45) is 5.41 Å².